The molecule has 0 radical (unpaired) electrons. The lowest BCUT2D eigenvalue weighted by molar-refractivity contribution is -0.166. The number of thioether (sulfide) groups is 1. The second kappa shape index (κ2) is 7.95. The van der Waals surface area contributed by atoms with Crippen LogP contribution in [-0.4, -0.2) is 68.9 Å². The third-order valence-electron chi connectivity index (χ3n) is 5.74. The van der Waals surface area contributed by atoms with Gasteiger partial charge in [0, 0.05) is 41.4 Å². The van der Waals surface area contributed by atoms with Gasteiger partial charge in [0.05, 0.1) is 25.2 Å². The number of imidazole rings is 1. The number of β-lactam (4-membered cyclic amide) rings is 1. The highest BCUT2D eigenvalue weighted by molar-refractivity contribution is 8.03. The van der Waals surface area contributed by atoms with E-state index in [9.17, 15) is 19.5 Å². The maximum Gasteiger partial charge on any atom is 0.510 e. The van der Waals surface area contributed by atoms with Crippen molar-refractivity contribution >= 4 is 29.8 Å². The van der Waals surface area contributed by atoms with Crippen molar-refractivity contribution in [3.63, 3.8) is 0 Å². The van der Waals surface area contributed by atoms with Crippen LogP contribution in [0.5, 0.6) is 0 Å². The molecule has 3 aliphatic heterocycles. The average molecular weight is 437 g/mol. The van der Waals surface area contributed by atoms with Gasteiger partial charge < -0.3 is 28.8 Å². The van der Waals surface area contributed by atoms with Crippen molar-refractivity contribution in [1.82, 2.24) is 14.5 Å². The van der Waals surface area contributed by atoms with Crippen LogP contribution in [0.3, 0.4) is 0 Å². The molecule has 5 atom stereocenters. The third kappa shape index (κ3) is 3.35. The summed E-state index contributed by atoms with van der Waals surface area (Å²) in [4.78, 5) is 43.1. The molecular weight excluding hydrogens is 414 g/mol. The van der Waals surface area contributed by atoms with Crippen LogP contribution in [-0.2, 0) is 36.8 Å². The molecule has 3 aliphatic rings. The number of aromatic nitrogens is 2. The van der Waals surface area contributed by atoms with Crippen molar-refractivity contribution in [2.75, 3.05) is 13.9 Å². The van der Waals surface area contributed by atoms with Crippen LogP contribution in [0.15, 0.2) is 23.0 Å². The Kier molecular flexibility index (Phi) is 5.49. The lowest BCUT2D eigenvalue weighted by Crippen LogP contribution is -2.63. The van der Waals surface area contributed by atoms with E-state index in [1.54, 1.807) is 13.1 Å². The van der Waals surface area contributed by atoms with Gasteiger partial charge in [0.2, 0.25) is 12.7 Å². The van der Waals surface area contributed by atoms with Gasteiger partial charge >= 0.3 is 12.1 Å². The SMILES string of the molecule is COC(=O)OCOC(=O)C1=C(S[C@@H]2Cc3nccn3C2)[C@H](C)[C@@H]2[C@@H]([C@@H](C)O)C(=O)N12. The van der Waals surface area contributed by atoms with Crippen LogP contribution < -0.4 is 0 Å². The number of amides is 1. The Labute approximate surface area is 177 Å². The molecule has 1 amide bonds. The second-order valence-corrected chi connectivity index (χ2v) is 8.90. The number of hydrogen-bond donors (Lipinski definition) is 1. The number of aliphatic hydroxyl groups excluding tert-OH is 1. The molecule has 11 heteroatoms. The summed E-state index contributed by atoms with van der Waals surface area (Å²) in [7, 11) is 1.14. The number of carbonyl (C=O) groups excluding carboxylic acids is 3. The van der Waals surface area contributed by atoms with Crippen LogP contribution in [0.25, 0.3) is 0 Å². The zero-order valence-corrected chi connectivity index (χ0v) is 17.6. The van der Waals surface area contributed by atoms with E-state index in [1.807, 2.05) is 13.1 Å². The molecule has 1 aromatic heterocycles. The summed E-state index contributed by atoms with van der Waals surface area (Å²) in [6.45, 7) is 3.66. The molecule has 10 nitrogen and oxygen atoms in total. The summed E-state index contributed by atoms with van der Waals surface area (Å²) in [6, 6.07) is -0.303. The molecule has 0 aromatic carbocycles. The number of rotatable bonds is 6. The van der Waals surface area contributed by atoms with Gasteiger partial charge in [-0.2, -0.15) is 0 Å². The highest BCUT2D eigenvalue weighted by Crippen LogP contribution is 2.52. The zero-order valence-electron chi connectivity index (χ0n) is 16.8. The van der Waals surface area contributed by atoms with Crippen LogP contribution in [0.1, 0.15) is 19.7 Å². The second-order valence-electron chi connectivity index (χ2n) is 7.55. The number of carbonyl (C=O) groups is 3. The molecule has 4 rings (SSSR count). The van der Waals surface area contributed by atoms with E-state index in [0.29, 0.717) is 0 Å². The Balaban J connectivity index is 1.55. The fraction of sp³-hybridized carbons (Fsp3) is 0.579. The molecule has 0 bridgehead atoms. The van der Waals surface area contributed by atoms with Crippen molar-refractivity contribution < 1.29 is 33.7 Å². The highest BCUT2D eigenvalue weighted by Gasteiger charge is 2.60. The molecule has 1 saturated heterocycles. The van der Waals surface area contributed by atoms with Crippen molar-refractivity contribution in [3.05, 3.63) is 28.8 Å². The summed E-state index contributed by atoms with van der Waals surface area (Å²) in [6.07, 6.45) is 2.64. The van der Waals surface area contributed by atoms with Crippen LogP contribution >= 0.6 is 11.8 Å². The predicted octanol–water partition coefficient (Wildman–Crippen LogP) is 0.894. The van der Waals surface area contributed by atoms with Gasteiger partial charge in [-0.3, -0.25) is 4.79 Å². The maximum absolute atomic E-state index is 12.8. The number of hydrogen-bond acceptors (Lipinski definition) is 9. The third-order valence-corrected chi connectivity index (χ3v) is 7.21. The number of ether oxygens (including phenoxy) is 3. The van der Waals surface area contributed by atoms with Gasteiger partial charge in [0.15, 0.2) is 0 Å². The number of fused-ring (bicyclic) bond motifs is 2. The van der Waals surface area contributed by atoms with E-state index < -0.39 is 30.9 Å². The normalized spacial score (nSPS) is 28.0. The topological polar surface area (TPSA) is 120 Å². The molecule has 30 heavy (non-hydrogen) atoms. The van der Waals surface area contributed by atoms with E-state index in [2.05, 4.69) is 19.0 Å². The van der Waals surface area contributed by atoms with Gasteiger partial charge in [-0.25, -0.2) is 14.6 Å². The molecule has 4 heterocycles. The monoisotopic (exact) mass is 437 g/mol. The van der Waals surface area contributed by atoms with Crippen molar-refractivity contribution in [1.29, 1.82) is 0 Å². The number of methoxy groups -OCH3 is 1. The highest BCUT2D eigenvalue weighted by atomic mass is 32.2. The smallest absolute Gasteiger partial charge is 0.438 e. The largest absolute Gasteiger partial charge is 0.510 e. The fourth-order valence-corrected chi connectivity index (χ4v) is 5.84. The molecule has 0 unspecified atom stereocenters. The number of aliphatic hydroxyl groups is 1. The summed E-state index contributed by atoms with van der Waals surface area (Å²) in [5.74, 6) is -0.771. The summed E-state index contributed by atoms with van der Waals surface area (Å²) < 4.78 is 16.1. The fourth-order valence-electron chi connectivity index (χ4n) is 4.37. The molecule has 0 aliphatic carbocycles. The molecule has 0 spiro atoms. The maximum atomic E-state index is 12.8. The van der Waals surface area contributed by atoms with Crippen molar-refractivity contribution in [2.24, 2.45) is 11.8 Å². The van der Waals surface area contributed by atoms with Crippen molar-refractivity contribution in [2.45, 2.75) is 44.2 Å². The zero-order chi connectivity index (χ0) is 21.6. The first-order valence-electron chi connectivity index (χ1n) is 9.63. The number of esters is 1. The van der Waals surface area contributed by atoms with Crippen molar-refractivity contribution in [3.8, 4) is 0 Å². The standard InChI is InChI=1S/C19H23N3O7S/c1-9-14-13(10(2)23)17(24)22(14)15(18(25)28-8-29-19(26)27-3)16(9)30-11-6-12-20-4-5-21(12)7-11/h4-5,9-11,13-14,23H,6-8H2,1-3H3/t9-,10-,11-,13-,14-/m1/s1. The van der Waals surface area contributed by atoms with Gasteiger partial charge in [-0.1, -0.05) is 6.92 Å². The van der Waals surface area contributed by atoms with Gasteiger partial charge in [0.25, 0.3) is 0 Å². The first kappa shape index (κ1) is 20.7. The summed E-state index contributed by atoms with van der Waals surface area (Å²) in [5.41, 5.74) is 0.164. The molecule has 1 fully saturated rings. The molecule has 162 valence electrons. The summed E-state index contributed by atoms with van der Waals surface area (Å²) >= 11 is 1.54. The minimum atomic E-state index is -0.974. The van der Waals surface area contributed by atoms with E-state index >= 15 is 0 Å². The van der Waals surface area contributed by atoms with Crippen LogP contribution in [0.2, 0.25) is 0 Å². The van der Waals surface area contributed by atoms with E-state index in [4.69, 9.17) is 4.74 Å². The van der Waals surface area contributed by atoms with E-state index in [-0.39, 0.29) is 28.8 Å². The van der Waals surface area contributed by atoms with Gasteiger partial charge in [0.1, 0.15) is 11.5 Å². The minimum absolute atomic E-state index is 0.135. The predicted molar refractivity (Wildman–Crippen MR) is 104 cm³/mol. The molecular formula is C19H23N3O7S. The minimum Gasteiger partial charge on any atom is -0.438 e. The molecule has 1 aromatic rings. The Hall–Kier alpha value is -2.53. The van der Waals surface area contributed by atoms with Crippen LogP contribution in [0.4, 0.5) is 4.79 Å². The first-order chi connectivity index (χ1) is 14.3. The van der Waals surface area contributed by atoms with Gasteiger partial charge in [-0.15, -0.1) is 11.8 Å². The number of nitrogens with zero attached hydrogens (tertiary/aromatic N) is 3. The summed E-state index contributed by atoms with van der Waals surface area (Å²) in [5, 5.41) is 10.2. The average Bonchev–Trinajstić information content (AvgIpc) is 3.34. The Bertz CT molecular complexity index is 891. The van der Waals surface area contributed by atoms with E-state index in [0.717, 1.165) is 30.8 Å². The molecule has 1 N–H and O–H groups in total. The lowest BCUT2D eigenvalue weighted by Gasteiger charge is -2.46. The Morgan fingerprint density at radius 3 is 2.83 bits per heavy atom. The first-order valence-corrected chi connectivity index (χ1v) is 10.5. The lowest BCUT2D eigenvalue weighted by atomic mass is 9.79. The Morgan fingerprint density at radius 1 is 1.40 bits per heavy atom. The molecule has 0 saturated carbocycles. The Morgan fingerprint density at radius 2 is 2.17 bits per heavy atom. The quantitative estimate of drug-likeness (QED) is 0.393. The van der Waals surface area contributed by atoms with Crippen LogP contribution in [0, 0.1) is 11.8 Å². The van der Waals surface area contributed by atoms with Gasteiger partial charge in [-0.05, 0) is 6.92 Å². The van der Waals surface area contributed by atoms with E-state index in [1.165, 1.54) is 16.7 Å².